The molecule has 1 aliphatic heterocycles. The van der Waals surface area contributed by atoms with Crippen LogP contribution in [0.2, 0.25) is 0 Å². The molecule has 2 amide bonds. The molecule has 124 valence electrons. The summed E-state index contributed by atoms with van der Waals surface area (Å²) < 4.78 is 5.05. The Kier molecular flexibility index (Phi) is 6.39. The molecule has 0 aromatic rings. The number of allylic oxidation sites excluding steroid dienone is 3. The van der Waals surface area contributed by atoms with Crippen LogP contribution in [0.3, 0.4) is 0 Å². The summed E-state index contributed by atoms with van der Waals surface area (Å²) in [7, 11) is 0. The number of amides is 2. The highest BCUT2D eigenvalue weighted by atomic mass is 16.6. The first-order valence-electron chi connectivity index (χ1n) is 7.99. The Morgan fingerprint density at radius 3 is 2.68 bits per heavy atom. The van der Waals surface area contributed by atoms with Gasteiger partial charge in [-0.05, 0) is 31.1 Å². The van der Waals surface area contributed by atoms with Crippen LogP contribution in [0.15, 0.2) is 24.3 Å². The fourth-order valence-corrected chi connectivity index (χ4v) is 2.56. The first-order valence-corrected chi connectivity index (χ1v) is 7.99. The average molecular weight is 307 g/mol. The van der Waals surface area contributed by atoms with Gasteiger partial charge in [-0.2, -0.15) is 0 Å². The molecule has 0 radical (unpaired) electrons. The highest BCUT2D eigenvalue weighted by Crippen LogP contribution is 2.34. The standard InChI is InChI=1S/C18H29NO3/c1-7-8-9-10-14(4)18(5,6)11-16(20)19-15(13(2)3)12-22-17(19)21/h7-8,13,15H,4,9-12H2,1-3,5-6H3. The molecule has 1 rings (SSSR count). The molecule has 4 nitrogen and oxygen atoms in total. The highest BCUT2D eigenvalue weighted by molar-refractivity contribution is 5.94. The van der Waals surface area contributed by atoms with E-state index in [0.717, 1.165) is 18.4 Å². The van der Waals surface area contributed by atoms with Crippen molar-refractivity contribution in [2.45, 2.75) is 59.9 Å². The van der Waals surface area contributed by atoms with Crippen LogP contribution < -0.4 is 0 Å². The molecule has 0 aromatic heterocycles. The number of carbonyl (C=O) groups is 2. The van der Waals surface area contributed by atoms with Crippen molar-refractivity contribution in [1.29, 1.82) is 0 Å². The Balaban J connectivity index is 2.72. The van der Waals surface area contributed by atoms with E-state index in [9.17, 15) is 9.59 Å². The number of imide groups is 1. The number of carbonyl (C=O) groups excluding carboxylic acids is 2. The summed E-state index contributed by atoms with van der Waals surface area (Å²) in [6.45, 7) is 14.4. The smallest absolute Gasteiger partial charge is 0.416 e. The Bertz CT molecular complexity index is 463. The van der Waals surface area contributed by atoms with Crippen LogP contribution in [0.25, 0.3) is 0 Å². The zero-order valence-electron chi connectivity index (χ0n) is 14.5. The third kappa shape index (κ3) is 4.46. The molecule has 0 aromatic carbocycles. The summed E-state index contributed by atoms with van der Waals surface area (Å²) in [5.41, 5.74) is 0.705. The van der Waals surface area contributed by atoms with Crippen LogP contribution in [-0.4, -0.2) is 29.5 Å². The van der Waals surface area contributed by atoms with Gasteiger partial charge in [-0.15, -0.1) is 0 Å². The predicted octanol–water partition coefficient (Wildman–Crippen LogP) is 4.32. The lowest BCUT2D eigenvalue weighted by Crippen LogP contribution is -2.43. The fourth-order valence-electron chi connectivity index (χ4n) is 2.56. The number of cyclic esters (lactones) is 1. The maximum absolute atomic E-state index is 12.6. The lowest BCUT2D eigenvalue weighted by atomic mass is 9.79. The number of hydrogen-bond donors (Lipinski definition) is 0. The van der Waals surface area contributed by atoms with Gasteiger partial charge in [0.05, 0.1) is 6.04 Å². The van der Waals surface area contributed by atoms with Gasteiger partial charge >= 0.3 is 6.09 Å². The minimum atomic E-state index is -0.515. The minimum absolute atomic E-state index is 0.160. The first-order chi connectivity index (χ1) is 10.2. The third-order valence-electron chi connectivity index (χ3n) is 4.34. The van der Waals surface area contributed by atoms with E-state index in [0.29, 0.717) is 6.61 Å². The lowest BCUT2D eigenvalue weighted by molar-refractivity contribution is -0.131. The van der Waals surface area contributed by atoms with Crippen molar-refractivity contribution >= 4 is 12.0 Å². The minimum Gasteiger partial charge on any atom is -0.447 e. The maximum Gasteiger partial charge on any atom is 0.416 e. The van der Waals surface area contributed by atoms with E-state index in [4.69, 9.17) is 4.74 Å². The van der Waals surface area contributed by atoms with Gasteiger partial charge < -0.3 is 4.74 Å². The second-order valence-corrected chi connectivity index (χ2v) is 6.92. The summed E-state index contributed by atoms with van der Waals surface area (Å²) >= 11 is 0. The SMILES string of the molecule is C=C(CCC=CC)C(C)(C)CC(=O)N1C(=O)OCC1C(C)C. The highest BCUT2D eigenvalue weighted by Gasteiger charge is 2.41. The van der Waals surface area contributed by atoms with Gasteiger partial charge in [0.1, 0.15) is 6.61 Å². The fraction of sp³-hybridized carbons (Fsp3) is 0.667. The molecule has 1 heterocycles. The van der Waals surface area contributed by atoms with Crippen LogP contribution in [-0.2, 0) is 9.53 Å². The van der Waals surface area contributed by atoms with Gasteiger partial charge in [0.15, 0.2) is 0 Å². The van der Waals surface area contributed by atoms with Crippen LogP contribution >= 0.6 is 0 Å². The van der Waals surface area contributed by atoms with Gasteiger partial charge in [-0.1, -0.05) is 52.0 Å². The van der Waals surface area contributed by atoms with E-state index >= 15 is 0 Å². The maximum atomic E-state index is 12.6. The predicted molar refractivity (Wildman–Crippen MR) is 88.4 cm³/mol. The molecule has 1 aliphatic rings. The van der Waals surface area contributed by atoms with Crippen molar-refractivity contribution in [1.82, 2.24) is 4.90 Å². The molecule has 0 spiro atoms. The molecular formula is C18H29NO3. The molecular weight excluding hydrogens is 278 g/mol. The number of ether oxygens (including phenoxy) is 1. The normalized spacial score (nSPS) is 19.1. The molecule has 1 unspecified atom stereocenters. The molecule has 0 bridgehead atoms. The van der Waals surface area contributed by atoms with Crippen molar-refractivity contribution in [3.63, 3.8) is 0 Å². The molecule has 0 N–H and O–H groups in total. The summed E-state index contributed by atoms with van der Waals surface area (Å²) in [6, 6.07) is -0.160. The second-order valence-electron chi connectivity index (χ2n) is 6.92. The topological polar surface area (TPSA) is 46.6 Å². The summed E-state index contributed by atoms with van der Waals surface area (Å²) in [6.07, 6.45) is 5.64. The first kappa shape index (κ1) is 18.5. The summed E-state index contributed by atoms with van der Waals surface area (Å²) in [4.78, 5) is 25.7. The van der Waals surface area contributed by atoms with Crippen LogP contribution in [0, 0.1) is 11.3 Å². The zero-order valence-corrected chi connectivity index (χ0v) is 14.5. The van der Waals surface area contributed by atoms with E-state index in [2.05, 4.69) is 12.7 Å². The molecule has 4 heteroatoms. The second kappa shape index (κ2) is 7.61. The number of nitrogens with zero attached hydrogens (tertiary/aromatic N) is 1. The zero-order chi connectivity index (χ0) is 16.9. The quantitative estimate of drug-likeness (QED) is 0.658. The van der Waals surface area contributed by atoms with E-state index in [1.165, 1.54) is 4.90 Å². The number of hydrogen-bond acceptors (Lipinski definition) is 3. The van der Waals surface area contributed by atoms with Crippen molar-refractivity contribution in [2.24, 2.45) is 11.3 Å². The van der Waals surface area contributed by atoms with Crippen molar-refractivity contribution in [2.75, 3.05) is 6.61 Å². The van der Waals surface area contributed by atoms with Crippen LogP contribution in [0.4, 0.5) is 4.79 Å². The molecule has 1 saturated heterocycles. The summed E-state index contributed by atoms with van der Waals surface area (Å²) in [5.74, 6) is 0.0230. The Morgan fingerprint density at radius 1 is 1.50 bits per heavy atom. The van der Waals surface area contributed by atoms with Crippen molar-refractivity contribution in [3.05, 3.63) is 24.3 Å². The number of rotatable bonds is 7. The van der Waals surface area contributed by atoms with Crippen LogP contribution in [0.5, 0.6) is 0 Å². The molecule has 1 fully saturated rings. The third-order valence-corrected chi connectivity index (χ3v) is 4.34. The largest absolute Gasteiger partial charge is 0.447 e. The molecule has 1 atom stereocenters. The van der Waals surface area contributed by atoms with E-state index in [1.54, 1.807) is 0 Å². The Labute approximate surface area is 134 Å². The summed E-state index contributed by atoms with van der Waals surface area (Å²) in [5, 5.41) is 0. The Morgan fingerprint density at radius 2 is 2.14 bits per heavy atom. The van der Waals surface area contributed by atoms with Gasteiger partial charge in [0.2, 0.25) is 5.91 Å². The molecule has 0 saturated carbocycles. The van der Waals surface area contributed by atoms with Gasteiger partial charge in [0, 0.05) is 6.42 Å². The van der Waals surface area contributed by atoms with Crippen molar-refractivity contribution in [3.8, 4) is 0 Å². The van der Waals surface area contributed by atoms with Gasteiger partial charge in [-0.25, -0.2) is 9.69 Å². The lowest BCUT2D eigenvalue weighted by Gasteiger charge is -2.30. The average Bonchev–Trinajstić information content (AvgIpc) is 2.80. The molecule has 0 aliphatic carbocycles. The van der Waals surface area contributed by atoms with Crippen molar-refractivity contribution < 1.29 is 14.3 Å². The van der Waals surface area contributed by atoms with E-state index < -0.39 is 6.09 Å². The molecule has 22 heavy (non-hydrogen) atoms. The van der Waals surface area contributed by atoms with Gasteiger partial charge in [0.25, 0.3) is 0 Å². The Hall–Kier alpha value is -1.58. The van der Waals surface area contributed by atoms with E-state index in [-0.39, 0.29) is 29.7 Å². The van der Waals surface area contributed by atoms with Gasteiger partial charge in [-0.3, -0.25) is 4.79 Å². The van der Waals surface area contributed by atoms with Crippen LogP contribution in [0.1, 0.15) is 53.9 Å². The monoisotopic (exact) mass is 307 g/mol. The van der Waals surface area contributed by atoms with E-state index in [1.807, 2.05) is 40.7 Å².